The zero-order valence-electron chi connectivity index (χ0n) is 13.4. The lowest BCUT2D eigenvalue weighted by atomic mass is 10.2. The van der Waals surface area contributed by atoms with Crippen molar-refractivity contribution in [2.75, 3.05) is 25.0 Å². The second kappa shape index (κ2) is 7.45. The third-order valence-corrected chi connectivity index (χ3v) is 5.01. The van der Waals surface area contributed by atoms with Crippen molar-refractivity contribution >= 4 is 27.5 Å². The number of hydrogen-bond acceptors (Lipinski definition) is 5. The van der Waals surface area contributed by atoms with Gasteiger partial charge in [0.2, 0.25) is 15.9 Å². The smallest absolute Gasteiger partial charge is 0.241 e. The fourth-order valence-electron chi connectivity index (χ4n) is 2.35. The molecule has 0 saturated heterocycles. The molecule has 0 aliphatic carbocycles. The highest BCUT2D eigenvalue weighted by Gasteiger charge is 2.15. The number of anilines is 1. The minimum absolute atomic E-state index is 0.122. The van der Waals surface area contributed by atoms with E-state index in [1.807, 2.05) is 12.1 Å². The number of carbonyl (C=O) groups excluding carboxylic acids is 1. The van der Waals surface area contributed by atoms with E-state index in [0.717, 1.165) is 24.5 Å². The van der Waals surface area contributed by atoms with Crippen LogP contribution in [-0.2, 0) is 14.8 Å². The molecule has 0 saturated carbocycles. The van der Waals surface area contributed by atoms with Crippen molar-refractivity contribution in [2.24, 2.45) is 4.99 Å². The fourth-order valence-corrected chi connectivity index (χ4v) is 3.35. The quantitative estimate of drug-likeness (QED) is 0.716. The Hall–Kier alpha value is -2.71. The van der Waals surface area contributed by atoms with Gasteiger partial charge in [0.25, 0.3) is 0 Å². The van der Waals surface area contributed by atoms with Gasteiger partial charge in [-0.3, -0.25) is 9.79 Å². The average Bonchev–Trinajstić information content (AvgIpc) is 3.16. The van der Waals surface area contributed by atoms with Gasteiger partial charge in [0, 0.05) is 17.8 Å². The van der Waals surface area contributed by atoms with E-state index in [1.165, 1.54) is 12.1 Å². The van der Waals surface area contributed by atoms with Crippen LogP contribution in [0, 0.1) is 0 Å². The van der Waals surface area contributed by atoms with Crippen molar-refractivity contribution in [2.45, 2.75) is 4.90 Å². The van der Waals surface area contributed by atoms with Gasteiger partial charge >= 0.3 is 0 Å². The Labute approximate surface area is 146 Å². The summed E-state index contributed by atoms with van der Waals surface area (Å²) < 4.78 is 26.4. The predicted octanol–water partition coefficient (Wildman–Crippen LogP) is 0.953. The van der Waals surface area contributed by atoms with Crippen LogP contribution < -0.4 is 15.4 Å². The Morgan fingerprint density at radius 3 is 2.44 bits per heavy atom. The number of rotatable bonds is 6. The van der Waals surface area contributed by atoms with Gasteiger partial charge < -0.3 is 10.6 Å². The molecule has 3 rings (SSSR count). The SMILES string of the molecule is O=C(CNS(=O)(=O)c1ccccc1)Nc1ccc(C2=NCCN2)cc1. The third kappa shape index (κ3) is 4.43. The first-order valence-electron chi connectivity index (χ1n) is 7.78. The molecule has 0 radical (unpaired) electrons. The first kappa shape index (κ1) is 17.1. The molecule has 0 spiro atoms. The highest BCUT2D eigenvalue weighted by atomic mass is 32.2. The molecule has 3 N–H and O–H groups in total. The maximum absolute atomic E-state index is 12.1. The number of amidine groups is 1. The van der Waals surface area contributed by atoms with Crippen molar-refractivity contribution < 1.29 is 13.2 Å². The summed E-state index contributed by atoms with van der Waals surface area (Å²) in [7, 11) is -3.70. The maximum atomic E-state index is 12.1. The summed E-state index contributed by atoms with van der Waals surface area (Å²) in [5.74, 6) is 0.400. The summed E-state index contributed by atoms with van der Waals surface area (Å²) in [5.41, 5.74) is 1.53. The second-order valence-electron chi connectivity index (χ2n) is 5.42. The normalized spacial score (nSPS) is 13.8. The summed E-state index contributed by atoms with van der Waals surface area (Å²) in [6.07, 6.45) is 0. The largest absolute Gasteiger partial charge is 0.368 e. The minimum atomic E-state index is -3.70. The van der Waals surface area contributed by atoms with Crippen LogP contribution >= 0.6 is 0 Å². The molecule has 2 aromatic carbocycles. The van der Waals surface area contributed by atoms with Gasteiger partial charge in [0.1, 0.15) is 5.84 Å². The van der Waals surface area contributed by atoms with Crippen molar-refractivity contribution in [3.8, 4) is 0 Å². The van der Waals surface area contributed by atoms with Gasteiger partial charge in [-0.1, -0.05) is 18.2 Å². The zero-order valence-corrected chi connectivity index (χ0v) is 14.2. The van der Waals surface area contributed by atoms with Crippen molar-refractivity contribution in [1.82, 2.24) is 10.0 Å². The van der Waals surface area contributed by atoms with Crippen LogP contribution in [0.3, 0.4) is 0 Å². The second-order valence-corrected chi connectivity index (χ2v) is 7.19. The van der Waals surface area contributed by atoms with Crippen molar-refractivity contribution in [3.05, 3.63) is 60.2 Å². The highest BCUT2D eigenvalue weighted by molar-refractivity contribution is 7.89. The van der Waals surface area contributed by atoms with E-state index in [4.69, 9.17) is 0 Å². The van der Waals surface area contributed by atoms with Gasteiger partial charge in [-0.2, -0.15) is 0 Å². The number of amides is 1. The van der Waals surface area contributed by atoms with Gasteiger partial charge in [-0.05, 0) is 36.4 Å². The molecule has 25 heavy (non-hydrogen) atoms. The monoisotopic (exact) mass is 358 g/mol. The fraction of sp³-hybridized carbons (Fsp3) is 0.176. The van der Waals surface area contributed by atoms with E-state index in [-0.39, 0.29) is 11.4 Å². The summed E-state index contributed by atoms with van der Waals surface area (Å²) >= 11 is 0. The minimum Gasteiger partial charge on any atom is -0.368 e. The molecule has 2 aromatic rings. The molecule has 0 aromatic heterocycles. The molecule has 1 aliphatic heterocycles. The van der Waals surface area contributed by atoms with E-state index in [9.17, 15) is 13.2 Å². The Morgan fingerprint density at radius 2 is 1.80 bits per heavy atom. The van der Waals surface area contributed by atoms with Crippen LogP contribution in [0.25, 0.3) is 0 Å². The third-order valence-electron chi connectivity index (χ3n) is 3.59. The summed E-state index contributed by atoms with van der Waals surface area (Å²) in [5, 5.41) is 5.83. The number of aliphatic imine (C=N–C) groups is 1. The molecule has 1 aliphatic rings. The lowest BCUT2D eigenvalue weighted by molar-refractivity contribution is -0.115. The molecule has 8 heteroatoms. The Morgan fingerprint density at radius 1 is 1.08 bits per heavy atom. The first-order valence-corrected chi connectivity index (χ1v) is 9.26. The standard InChI is InChI=1S/C17H18N4O3S/c22-16(12-20-25(23,24)15-4-2-1-3-5-15)21-14-8-6-13(7-9-14)17-18-10-11-19-17/h1-9,20H,10-12H2,(H,18,19)(H,21,22). The van der Waals surface area contributed by atoms with Crippen LogP contribution in [0.2, 0.25) is 0 Å². The Balaban J connectivity index is 1.56. The zero-order chi connectivity index (χ0) is 17.7. The molecular weight excluding hydrogens is 340 g/mol. The van der Waals surface area contributed by atoms with Gasteiger partial charge in [0.05, 0.1) is 18.0 Å². The van der Waals surface area contributed by atoms with E-state index in [0.29, 0.717) is 5.69 Å². The molecule has 0 atom stereocenters. The summed E-state index contributed by atoms with van der Waals surface area (Å²) in [6.45, 7) is 1.25. The van der Waals surface area contributed by atoms with E-state index >= 15 is 0 Å². The lowest BCUT2D eigenvalue weighted by Crippen LogP contribution is -2.32. The molecule has 1 heterocycles. The molecule has 1 amide bonds. The Bertz CT molecular complexity index is 878. The topological polar surface area (TPSA) is 99.7 Å². The number of benzene rings is 2. The lowest BCUT2D eigenvalue weighted by Gasteiger charge is -2.09. The van der Waals surface area contributed by atoms with Crippen molar-refractivity contribution in [3.63, 3.8) is 0 Å². The molecular formula is C17H18N4O3S. The number of nitrogens with one attached hydrogen (secondary N) is 3. The Kier molecular flexibility index (Phi) is 5.11. The first-order chi connectivity index (χ1) is 12.0. The average molecular weight is 358 g/mol. The van der Waals surface area contributed by atoms with Gasteiger partial charge in [-0.15, -0.1) is 0 Å². The van der Waals surface area contributed by atoms with Crippen LogP contribution in [-0.4, -0.2) is 39.8 Å². The van der Waals surface area contributed by atoms with Crippen LogP contribution in [0.4, 0.5) is 5.69 Å². The summed E-state index contributed by atoms with van der Waals surface area (Å²) in [6, 6.07) is 15.1. The van der Waals surface area contributed by atoms with E-state index in [1.54, 1.807) is 30.3 Å². The van der Waals surface area contributed by atoms with Gasteiger partial charge in [-0.25, -0.2) is 13.1 Å². The maximum Gasteiger partial charge on any atom is 0.241 e. The molecule has 0 fully saturated rings. The number of nitrogens with zero attached hydrogens (tertiary/aromatic N) is 1. The van der Waals surface area contributed by atoms with Crippen LogP contribution in [0.15, 0.2) is 64.5 Å². The highest BCUT2D eigenvalue weighted by Crippen LogP contribution is 2.11. The van der Waals surface area contributed by atoms with Crippen LogP contribution in [0.1, 0.15) is 5.56 Å². The van der Waals surface area contributed by atoms with Crippen molar-refractivity contribution in [1.29, 1.82) is 0 Å². The van der Waals surface area contributed by atoms with Crippen LogP contribution in [0.5, 0.6) is 0 Å². The molecule has 0 bridgehead atoms. The molecule has 0 unspecified atom stereocenters. The van der Waals surface area contributed by atoms with E-state index < -0.39 is 15.9 Å². The van der Waals surface area contributed by atoms with E-state index in [2.05, 4.69) is 20.3 Å². The predicted molar refractivity (Wildman–Crippen MR) is 96.1 cm³/mol. The number of carbonyl (C=O) groups is 1. The summed E-state index contributed by atoms with van der Waals surface area (Å²) in [4.78, 5) is 16.4. The number of sulfonamides is 1. The molecule has 7 nitrogen and oxygen atoms in total. The van der Waals surface area contributed by atoms with Gasteiger partial charge in [0.15, 0.2) is 0 Å². The number of hydrogen-bond donors (Lipinski definition) is 3. The molecule has 130 valence electrons.